The number of nitrogens with zero attached hydrogens (tertiary/aromatic N) is 1. The van der Waals surface area contributed by atoms with Crippen LogP contribution in [0.25, 0.3) is 0 Å². The fourth-order valence-electron chi connectivity index (χ4n) is 2.59. The van der Waals surface area contributed by atoms with Gasteiger partial charge in [-0.1, -0.05) is 27.7 Å². The molecule has 2 atom stereocenters. The lowest BCUT2D eigenvalue weighted by Crippen LogP contribution is -2.65. The van der Waals surface area contributed by atoms with E-state index in [0.717, 1.165) is 4.90 Å². The molecular weight excluding hydrogens is 285 g/mol. The van der Waals surface area contributed by atoms with Crippen molar-refractivity contribution in [3.05, 3.63) is 0 Å². The molecule has 1 aliphatic rings. The molecular formula is C14H23F3N2O2. The minimum Gasteiger partial charge on any atom is -0.342 e. The highest BCUT2D eigenvalue weighted by atomic mass is 19.4. The summed E-state index contributed by atoms with van der Waals surface area (Å²) in [6.45, 7) is 6.77. The van der Waals surface area contributed by atoms with E-state index in [9.17, 15) is 22.8 Å². The van der Waals surface area contributed by atoms with Crippen molar-refractivity contribution in [2.45, 2.75) is 58.8 Å². The maximum absolute atomic E-state index is 12.4. The normalized spacial score (nSPS) is 24.0. The van der Waals surface area contributed by atoms with Crippen LogP contribution in [-0.2, 0) is 9.59 Å². The lowest BCUT2D eigenvalue weighted by molar-refractivity contribution is -0.160. The van der Waals surface area contributed by atoms with Crippen molar-refractivity contribution in [1.29, 1.82) is 0 Å². The summed E-state index contributed by atoms with van der Waals surface area (Å²) in [6.07, 6.45) is -5.01. The second-order valence-corrected chi connectivity index (χ2v) is 6.28. The molecule has 2 amide bonds. The predicted molar refractivity (Wildman–Crippen MR) is 72.4 cm³/mol. The van der Waals surface area contributed by atoms with E-state index in [1.807, 2.05) is 13.8 Å². The number of hydrogen-bond donors (Lipinski definition) is 1. The Hall–Kier alpha value is -1.27. The molecule has 0 aromatic heterocycles. The van der Waals surface area contributed by atoms with Crippen molar-refractivity contribution < 1.29 is 22.8 Å². The Labute approximate surface area is 123 Å². The molecule has 1 N–H and O–H groups in total. The van der Waals surface area contributed by atoms with E-state index in [0.29, 0.717) is 6.42 Å². The van der Waals surface area contributed by atoms with Crippen LogP contribution in [0.3, 0.4) is 0 Å². The van der Waals surface area contributed by atoms with Crippen LogP contribution in [0.2, 0.25) is 0 Å². The minimum absolute atomic E-state index is 0.166. The third-order valence-electron chi connectivity index (χ3n) is 3.48. The van der Waals surface area contributed by atoms with Crippen molar-refractivity contribution in [1.82, 2.24) is 10.2 Å². The van der Waals surface area contributed by atoms with Gasteiger partial charge in [0.2, 0.25) is 11.8 Å². The van der Waals surface area contributed by atoms with Crippen molar-refractivity contribution >= 4 is 11.8 Å². The fraction of sp³-hybridized carbons (Fsp3) is 0.857. The van der Waals surface area contributed by atoms with E-state index in [1.165, 1.54) is 0 Å². The number of carbonyl (C=O) groups excluding carboxylic acids is 2. The topological polar surface area (TPSA) is 49.4 Å². The Morgan fingerprint density at radius 2 is 1.76 bits per heavy atom. The van der Waals surface area contributed by atoms with E-state index >= 15 is 0 Å². The molecule has 0 radical (unpaired) electrons. The first-order valence-electron chi connectivity index (χ1n) is 7.20. The first kappa shape index (κ1) is 17.8. The highest BCUT2D eigenvalue weighted by Gasteiger charge is 2.43. The van der Waals surface area contributed by atoms with Crippen molar-refractivity contribution in [3.63, 3.8) is 0 Å². The van der Waals surface area contributed by atoms with Gasteiger partial charge in [0.15, 0.2) is 0 Å². The van der Waals surface area contributed by atoms with E-state index in [1.54, 1.807) is 13.8 Å². The van der Waals surface area contributed by atoms with Gasteiger partial charge in [-0.25, -0.2) is 0 Å². The number of nitrogens with one attached hydrogen (secondary N) is 1. The Morgan fingerprint density at radius 1 is 1.19 bits per heavy atom. The Kier molecular flexibility index (Phi) is 5.64. The zero-order chi connectivity index (χ0) is 16.4. The molecule has 122 valence electrons. The molecule has 0 aromatic rings. The van der Waals surface area contributed by atoms with Crippen LogP contribution < -0.4 is 5.32 Å². The standard InChI is InChI=1S/C14H23F3N2O2/c1-8(2)7-10-13(21)19(6-5-14(15,16)17)11(9(3)4)12(20)18-10/h8-11H,5-7H2,1-4H3,(H,18,20). The summed E-state index contributed by atoms with van der Waals surface area (Å²) in [5.41, 5.74) is 0. The summed E-state index contributed by atoms with van der Waals surface area (Å²) in [7, 11) is 0. The van der Waals surface area contributed by atoms with Crippen LogP contribution in [0.5, 0.6) is 0 Å². The number of rotatable bonds is 5. The molecule has 1 fully saturated rings. The maximum atomic E-state index is 12.4. The molecule has 0 saturated carbocycles. The molecule has 1 rings (SSSR count). The van der Waals surface area contributed by atoms with Gasteiger partial charge in [0.1, 0.15) is 12.1 Å². The molecule has 21 heavy (non-hydrogen) atoms. The summed E-state index contributed by atoms with van der Waals surface area (Å²) < 4.78 is 37.3. The zero-order valence-corrected chi connectivity index (χ0v) is 12.8. The second-order valence-electron chi connectivity index (χ2n) is 6.28. The Morgan fingerprint density at radius 3 is 2.19 bits per heavy atom. The van der Waals surface area contributed by atoms with Gasteiger partial charge in [0.05, 0.1) is 6.42 Å². The maximum Gasteiger partial charge on any atom is 0.390 e. The summed E-state index contributed by atoms with van der Waals surface area (Å²) in [5, 5.41) is 2.64. The van der Waals surface area contributed by atoms with E-state index < -0.39 is 37.1 Å². The molecule has 1 saturated heterocycles. The number of piperazine rings is 1. The van der Waals surface area contributed by atoms with Gasteiger partial charge in [-0.3, -0.25) is 9.59 Å². The van der Waals surface area contributed by atoms with Crippen LogP contribution in [0.4, 0.5) is 13.2 Å². The summed E-state index contributed by atoms with van der Waals surface area (Å²) in [6, 6.07) is -1.55. The lowest BCUT2D eigenvalue weighted by Gasteiger charge is -2.41. The smallest absolute Gasteiger partial charge is 0.342 e. The summed E-state index contributed by atoms with van der Waals surface area (Å²) >= 11 is 0. The first-order valence-corrected chi connectivity index (χ1v) is 7.20. The van der Waals surface area contributed by atoms with Crippen molar-refractivity contribution in [2.75, 3.05) is 6.54 Å². The number of halogens is 3. The van der Waals surface area contributed by atoms with Crippen molar-refractivity contribution in [2.24, 2.45) is 11.8 Å². The third kappa shape index (κ3) is 4.89. The zero-order valence-electron chi connectivity index (χ0n) is 12.8. The molecule has 1 heterocycles. The van der Waals surface area contributed by atoms with Crippen molar-refractivity contribution in [3.8, 4) is 0 Å². The van der Waals surface area contributed by atoms with Crippen LogP contribution in [-0.4, -0.2) is 41.5 Å². The van der Waals surface area contributed by atoms with E-state index in [-0.39, 0.29) is 17.7 Å². The second kappa shape index (κ2) is 6.66. The SMILES string of the molecule is CC(C)CC1NC(=O)C(C(C)C)N(CCC(F)(F)F)C1=O. The first-order chi connectivity index (χ1) is 9.53. The predicted octanol–water partition coefficient (Wildman–Crippen LogP) is 2.34. The number of alkyl halides is 3. The average molecular weight is 308 g/mol. The third-order valence-corrected chi connectivity index (χ3v) is 3.48. The Bertz CT molecular complexity index is 394. The molecule has 0 spiro atoms. The molecule has 4 nitrogen and oxygen atoms in total. The van der Waals surface area contributed by atoms with E-state index in [2.05, 4.69) is 5.32 Å². The molecule has 0 aromatic carbocycles. The van der Waals surface area contributed by atoms with Gasteiger partial charge < -0.3 is 10.2 Å². The monoisotopic (exact) mass is 308 g/mol. The van der Waals surface area contributed by atoms with Gasteiger partial charge in [-0.05, 0) is 18.3 Å². The highest BCUT2D eigenvalue weighted by molar-refractivity contribution is 5.97. The van der Waals surface area contributed by atoms with E-state index in [4.69, 9.17) is 0 Å². The minimum atomic E-state index is -4.34. The molecule has 0 aliphatic carbocycles. The average Bonchev–Trinajstić information content (AvgIpc) is 2.28. The molecule has 2 unspecified atom stereocenters. The molecule has 7 heteroatoms. The molecule has 1 aliphatic heterocycles. The molecule has 0 bridgehead atoms. The van der Waals surface area contributed by atoms with Gasteiger partial charge in [-0.2, -0.15) is 13.2 Å². The quantitative estimate of drug-likeness (QED) is 0.847. The van der Waals surface area contributed by atoms with Gasteiger partial charge in [-0.15, -0.1) is 0 Å². The Balaban J connectivity index is 2.92. The number of hydrogen-bond acceptors (Lipinski definition) is 2. The van der Waals surface area contributed by atoms with Crippen LogP contribution in [0.1, 0.15) is 40.5 Å². The van der Waals surface area contributed by atoms with Crippen LogP contribution in [0, 0.1) is 11.8 Å². The fourth-order valence-corrected chi connectivity index (χ4v) is 2.59. The summed E-state index contributed by atoms with van der Waals surface area (Å²) in [5.74, 6) is -0.842. The van der Waals surface area contributed by atoms with Crippen LogP contribution in [0.15, 0.2) is 0 Å². The number of amides is 2. The van der Waals surface area contributed by atoms with Gasteiger partial charge in [0, 0.05) is 6.54 Å². The number of carbonyl (C=O) groups is 2. The largest absolute Gasteiger partial charge is 0.390 e. The van der Waals surface area contributed by atoms with Gasteiger partial charge >= 0.3 is 6.18 Å². The van der Waals surface area contributed by atoms with Gasteiger partial charge in [0.25, 0.3) is 0 Å². The lowest BCUT2D eigenvalue weighted by atomic mass is 9.93. The highest BCUT2D eigenvalue weighted by Crippen LogP contribution is 2.25. The van der Waals surface area contributed by atoms with Crippen LogP contribution >= 0.6 is 0 Å². The summed E-state index contributed by atoms with van der Waals surface area (Å²) in [4.78, 5) is 25.6.